The number of amides is 1. The Labute approximate surface area is 100 Å². The zero-order chi connectivity index (χ0) is 12.7. The van der Waals surface area contributed by atoms with E-state index in [0.717, 1.165) is 26.2 Å². The lowest BCUT2D eigenvalue weighted by molar-refractivity contribution is -0.150. The minimum Gasteiger partial charge on any atom is -0.467 e. The lowest BCUT2D eigenvalue weighted by atomic mass is 10.3. The van der Waals surface area contributed by atoms with Crippen LogP contribution in [0.4, 0.5) is 0 Å². The third-order valence-corrected chi connectivity index (χ3v) is 2.54. The molecule has 1 aliphatic rings. The predicted molar refractivity (Wildman–Crippen MR) is 60.3 cm³/mol. The van der Waals surface area contributed by atoms with Crippen molar-refractivity contribution in [3.63, 3.8) is 0 Å². The van der Waals surface area contributed by atoms with E-state index in [0.29, 0.717) is 0 Å². The van der Waals surface area contributed by atoms with Gasteiger partial charge < -0.3 is 20.5 Å². The molecule has 0 saturated carbocycles. The molecular weight excluding hydrogens is 226 g/mol. The number of methoxy groups -OCH3 is 1. The quantitative estimate of drug-likeness (QED) is 0.465. The number of rotatable bonds is 5. The molecule has 0 bridgehead atoms. The molecule has 1 amide bonds. The molecule has 0 aromatic rings. The van der Waals surface area contributed by atoms with E-state index in [1.165, 1.54) is 7.11 Å². The average Bonchev–Trinajstić information content (AvgIpc) is 2.36. The summed E-state index contributed by atoms with van der Waals surface area (Å²) in [5.74, 6) is -0.942. The second kappa shape index (κ2) is 7.21. The standard InChI is InChI=1S/C10H19N3O4/c1-17-10(16)8(14)6-12-9(15)7-13-4-2-11-3-5-13/h8,11,14H,2-7H2,1H3,(H,12,15). The van der Waals surface area contributed by atoms with Crippen LogP contribution in [0.25, 0.3) is 0 Å². The first-order valence-corrected chi connectivity index (χ1v) is 5.59. The predicted octanol–water partition coefficient (Wildman–Crippen LogP) is -2.46. The van der Waals surface area contributed by atoms with Crippen LogP contribution in [0.1, 0.15) is 0 Å². The fourth-order valence-corrected chi connectivity index (χ4v) is 1.56. The summed E-state index contributed by atoms with van der Waals surface area (Å²) in [5.41, 5.74) is 0. The number of hydrogen-bond donors (Lipinski definition) is 3. The molecule has 17 heavy (non-hydrogen) atoms. The summed E-state index contributed by atoms with van der Waals surface area (Å²) in [5, 5.41) is 14.9. The molecule has 1 aliphatic heterocycles. The second-order valence-electron chi connectivity index (χ2n) is 3.87. The average molecular weight is 245 g/mol. The largest absolute Gasteiger partial charge is 0.467 e. The number of aliphatic hydroxyl groups is 1. The van der Waals surface area contributed by atoms with Crippen LogP contribution in [0.5, 0.6) is 0 Å². The number of esters is 1. The molecule has 0 aromatic heterocycles. The Morgan fingerprint density at radius 2 is 2.12 bits per heavy atom. The summed E-state index contributed by atoms with van der Waals surface area (Å²) >= 11 is 0. The zero-order valence-electron chi connectivity index (χ0n) is 9.94. The first-order chi connectivity index (χ1) is 8.13. The van der Waals surface area contributed by atoms with Crippen molar-refractivity contribution in [3.05, 3.63) is 0 Å². The number of nitrogens with one attached hydrogen (secondary N) is 2. The number of aliphatic hydroxyl groups excluding tert-OH is 1. The Balaban J connectivity index is 2.18. The number of carbonyl (C=O) groups excluding carboxylic acids is 2. The van der Waals surface area contributed by atoms with Gasteiger partial charge in [0.25, 0.3) is 0 Å². The van der Waals surface area contributed by atoms with E-state index >= 15 is 0 Å². The molecule has 0 aromatic carbocycles. The zero-order valence-corrected chi connectivity index (χ0v) is 9.94. The van der Waals surface area contributed by atoms with E-state index in [9.17, 15) is 14.7 Å². The van der Waals surface area contributed by atoms with Crippen molar-refractivity contribution >= 4 is 11.9 Å². The van der Waals surface area contributed by atoms with Gasteiger partial charge in [0.1, 0.15) is 0 Å². The molecule has 1 rings (SSSR count). The summed E-state index contributed by atoms with van der Waals surface area (Å²) in [6, 6.07) is 0. The van der Waals surface area contributed by atoms with Gasteiger partial charge in [-0.2, -0.15) is 0 Å². The molecule has 7 heteroatoms. The Morgan fingerprint density at radius 1 is 1.47 bits per heavy atom. The van der Waals surface area contributed by atoms with Gasteiger partial charge in [-0.05, 0) is 0 Å². The highest BCUT2D eigenvalue weighted by Crippen LogP contribution is 1.91. The third kappa shape index (κ3) is 5.12. The van der Waals surface area contributed by atoms with Crippen molar-refractivity contribution in [2.75, 3.05) is 46.4 Å². The van der Waals surface area contributed by atoms with Gasteiger partial charge in [-0.1, -0.05) is 0 Å². The van der Waals surface area contributed by atoms with Crippen LogP contribution in [0.3, 0.4) is 0 Å². The maximum Gasteiger partial charge on any atom is 0.336 e. The normalized spacial score (nSPS) is 18.5. The second-order valence-corrected chi connectivity index (χ2v) is 3.87. The van der Waals surface area contributed by atoms with Crippen molar-refractivity contribution in [1.29, 1.82) is 0 Å². The lowest BCUT2D eigenvalue weighted by Gasteiger charge is -2.26. The van der Waals surface area contributed by atoms with Crippen LogP contribution in [0.2, 0.25) is 0 Å². The molecule has 7 nitrogen and oxygen atoms in total. The Kier molecular flexibility index (Phi) is 5.88. The van der Waals surface area contributed by atoms with E-state index in [1.807, 2.05) is 4.90 Å². The molecular formula is C10H19N3O4. The monoisotopic (exact) mass is 245 g/mol. The number of ether oxygens (including phenoxy) is 1. The van der Waals surface area contributed by atoms with Crippen molar-refractivity contribution in [2.24, 2.45) is 0 Å². The Hall–Kier alpha value is -1.18. The first-order valence-electron chi connectivity index (χ1n) is 5.59. The fourth-order valence-electron chi connectivity index (χ4n) is 1.56. The molecule has 0 radical (unpaired) electrons. The maximum absolute atomic E-state index is 11.5. The highest BCUT2D eigenvalue weighted by atomic mass is 16.5. The summed E-state index contributed by atoms with van der Waals surface area (Å²) in [6.07, 6.45) is -1.30. The third-order valence-electron chi connectivity index (χ3n) is 2.54. The lowest BCUT2D eigenvalue weighted by Crippen LogP contribution is -2.48. The smallest absolute Gasteiger partial charge is 0.336 e. The summed E-state index contributed by atoms with van der Waals surface area (Å²) in [7, 11) is 1.19. The molecule has 1 atom stereocenters. The van der Waals surface area contributed by atoms with E-state index in [2.05, 4.69) is 15.4 Å². The van der Waals surface area contributed by atoms with Gasteiger partial charge in [0, 0.05) is 26.2 Å². The van der Waals surface area contributed by atoms with E-state index < -0.39 is 12.1 Å². The van der Waals surface area contributed by atoms with Crippen molar-refractivity contribution in [1.82, 2.24) is 15.5 Å². The van der Waals surface area contributed by atoms with Crippen LogP contribution in [0.15, 0.2) is 0 Å². The van der Waals surface area contributed by atoms with E-state index in [1.54, 1.807) is 0 Å². The molecule has 98 valence electrons. The number of piperazine rings is 1. The molecule has 3 N–H and O–H groups in total. The minimum atomic E-state index is -1.30. The van der Waals surface area contributed by atoms with Gasteiger partial charge in [0.2, 0.25) is 5.91 Å². The van der Waals surface area contributed by atoms with Crippen molar-refractivity contribution in [3.8, 4) is 0 Å². The number of hydrogen-bond acceptors (Lipinski definition) is 6. The van der Waals surface area contributed by atoms with Gasteiger partial charge in [0.15, 0.2) is 6.10 Å². The highest BCUT2D eigenvalue weighted by Gasteiger charge is 2.18. The maximum atomic E-state index is 11.5. The van der Waals surface area contributed by atoms with Crippen molar-refractivity contribution < 1.29 is 19.4 Å². The van der Waals surface area contributed by atoms with Gasteiger partial charge in [-0.3, -0.25) is 9.69 Å². The number of carbonyl (C=O) groups is 2. The first kappa shape index (κ1) is 13.9. The van der Waals surface area contributed by atoms with E-state index in [-0.39, 0.29) is 19.0 Å². The topological polar surface area (TPSA) is 90.9 Å². The highest BCUT2D eigenvalue weighted by molar-refractivity contribution is 5.80. The van der Waals surface area contributed by atoms with Crippen molar-refractivity contribution in [2.45, 2.75) is 6.10 Å². The van der Waals surface area contributed by atoms with Crippen LogP contribution in [0, 0.1) is 0 Å². The molecule has 0 aliphatic carbocycles. The van der Waals surface area contributed by atoms with Crippen LogP contribution in [-0.2, 0) is 14.3 Å². The van der Waals surface area contributed by atoms with Gasteiger partial charge >= 0.3 is 5.97 Å². The SMILES string of the molecule is COC(=O)C(O)CNC(=O)CN1CCNCC1. The molecule has 0 spiro atoms. The molecule has 1 heterocycles. The Morgan fingerprint density at radius 3 is 2.71 bits per heavy atom. The summed E-state index contributed by atoms with van der Waals surface area (Å²) in [6.45, 7) is 3.57. The van der Waals surface area contributed by atoms with Crippen LogP contribution < -0.4 is 10.6 Å². The van der Waals surface area contributed by atoms with Gasteiger partial charge in [-0.25, -0.2) is 4.79 Å². The van der Waals surface area contributed by atoms with Gasteiger partial charge in [0.05, 0.1) is 20.2 Å². The van der Waals surface area contributed by atoms with Crippen LogP contribution in [-0.4, -0.2) is 74.4 Å². The molecule has 1 unspecified atom stereocenters. The Bertz CT molecular complexity index is 266. The fraction of sp³-hybridized carbons (Fsp3) is 0.800. The summed E-state index contributed by atoms with van der Waals surface area (Å²) in [4.78, 5) is 24.4. The van der Waals surface area contributed by atoms with Crippen LogP contribution >= 0.6 is 0 Å². The molecule has 1 saturated heterocycles. The minimum absolute atomic E-state index is 0.113. The molecule has 1 fully saturated rings. The number of nitrogens with zero attached hydrogens (tertiary/aromatic N) is 1. The van der Waals surface area contributed by atoms with E-state index in [4.69, 9.17) is 0 Å². The summed E-state index contributed by atoms with van der Waals surface area (Å²) < 4.78 is 4.34. The van der Waals surface area contributed by atoms with Gasteiger partial charge in [-0.15, -0.1) is 0 Å².